The maximum atomic E-state index is 12.5. The summed E-state index contributed by atoms with van der Waals surface area (Å²) in [6, 6.07) is 0. The van der Waals surface area contributed by atoms with Crippen LogP contribution in [0.3, 0.4) is 0 Å². The Labute approximate surface area is 124 Å². The first-order valence-electron chi connectivity index (χ1n) is 6.97. The highest BCUT2D eigenvalue weighted by Gasteiger charge is 2.33. The van der Waals surface area contributed by atoms with Crippen LogP contribution < -0.4 is 0 Å². The zero-order valence-electron chi connectivity index (χ0n) is 11.9. The summed E-state index contributed by atoms with van der Waals surface area (Å²) in [6.45, 7) is 1.94. The van der Waals surface area contributed by atoms with E-state index in [9.17, 15) is 13.2 Å². The third kappa shape index (κ3) is 2.91. The molecule has 0 bridgehead atoms. The largest absolute Gasteiger partial charge is 0.332 e. The molecule has 7 nitrogen and oxygen atoms in total. The van der Waals surface area contributed by atoms with Crippen LogP contribution >= 0.6 is 0 Å². The fourth-order valence-corrected chi connectivity index (χ4v) is 3.82. The monoisotopic (exact) mass is 310 g/mol. The van der Waals surface area contributed by atoms with E-state index in [2.05, 4.69) is 9.97 Å². The lowest BCUT2D eigenvalue weighted by molar-refractivity contribution is -0.137. The Hall–Kier alpha value is -1.54. The van der Waals surface area contributed by atoms with E-state index in [1.807, 2.05) is 0 Å². The molecule has 3 heterocycles. The predicted molar refractivity (Wildman–Crippen MR) is 75.4 cm³/mol. The van der Waals surface area contributed by atoms with Gasteiger partial charge in [0.1, 0.15) is 6.33 Å². The normalized spacial score (nSPS) is 20.5. The average molecular weight is 310 g/mol. The molecule has 0 aliphatic carbocycles. The zero-order valence-corrected chi connectivity index (χ0v) is 12.7. The molecule has 0 radical (unpaired) electrons. The van der Waals surface area contributed by atoms with E-state index in [1.165, 1.54) is 16.9 Å². The van der Waals surface area contributed by atoms with Crippen molar-refractivity contribution < 1.29 is 13.2 Å². The second kappa shape index (κ2) is 5.34. The minimum Gasteiger partial charge on any atom is -0.332 e. The van der Waals surface area contributed by atoms with Gasteiger partial charge < -0.3 is 4.90 Å². The van der Waals surface area contributed by atoms with Gasteiger partial charge in [0.15, 0.2) is 0 Å². The fraction of sp³-hybridized carbons (Fsp3) is 0.615. The van der Waals surface area contributed by atoms with Crippen molar-refractivity contribution in [3.8, 4) is 0 Å². The molecular formula is C13H18N4O3S. The van der Waals surface area contributed by atoms with Crippen LogP contribution in [0.1, 0.15) is 24.1 Å². The molecule has 114 valence electrons. The maximum absolute atomic E-state index is 12.5. The number of fused-ring (bicyclic) bond motifs is 1. The topological polar surface area (TPSA) is 83.5 Å². The number of rotatable bonds is 2. The molecule has 1 aromatic rings. The first kappa shape index (κ1) is 14.4. The Morgan fingerprint density at radius 2 is 2.00 bits per heavy atom. The Kier molecular flexibility index (Phi) is 3.66. The molecule has 1 saturated heterocycles. The molecule has 0 atom stereocenters. The Morgan fingerprint density at radius 3 is 2.62 bits per heavy atom. The number of amides is 1. The summed E-state index contributed by atoms with van der Waals surface area (Å²) in [7, 11) is -3.15. The van der Waals surface area contributed by atoms with E-state index < -0.39 is 10.0 Å². The molecule has 0 saturated carbocycles. The standard InChI is InChI=1S/C13H18N4O3S/c1-21(19,20)17-4-2-10(3-5-17)13(18)16-7-11-6-14-9-15-12(11)8-16/h6,9-10H,2-5,7-8H2,1H3. The molecule has 2 aliphatic heterocycles. The van der Waals surface area contributed by atoms with Gasteiger partial charge in [0.2, 0.25) is 15.9 Å². The molecule has 0 spiro atoms. The highest BCUT2D eigenvalue weighted by atomic mass is 32.2. The van der Waals surface area contributed by atoms with E-state index in [0.29, 0.717) is 39.0 Å². The van der Waals surface area contributed by atoms with Crippen LogP contribution in [0.25, 0.3) is 0 Å². The van der Waals surface area contributed by atoms with Gasteiger partial charge >= 0.3 is 0 Å². The number of nitrogens with zero attached hydrogens (tertiary/aromatic N) is 4. The van der Waals surface area contributed by atoms with Crippen LogP contribution in [0.5, 0.6) is 0 Å². The van der Waals surface area contributed by atoms with Crippen LogP contribution in [0, 0.1) is 5.92 Å². The predicted octanol–water partition coefficient (Wildman–Crippen LogP) is -0.00960. The van der Waals surface area contributed by atoms with Crippen molar-refractivity contribution in [3.05, 3.63) is 23.8 Å². The van der Waals surface area contributed by atoms with Crippen LogP contribution in [0.4, 0.5) is 0 Å². The molecule has 2 aliphatic rings. The molecule has 1 aromatic heterocycles. The van der Waals surface area contributed by atoms with Crippen LogP contribution in [0.2, 0.25) is 0 Å². The smallest absolute Gasteiger partial charge is 0.226 e. The van der Waals surface area contributed by atoms with Crippen molar-refractivity contribution in [2.75, 3.05) is 19.3 Å². The van der Waals surface area contributed by atoms with Crippen LogP contribution in [-0.4, -0.2) is 52.8 Å². The fourth-order valence-electron chi connectivity index (χ4n) is 2.95. The lowest BCUT2D eigenvalue weighted by Gasteiger charge is -2.31. The molecule has 8 heteroatoms. The second-order valence-electron chi connectivity index (χ2n) is 5.63. The molecule has 0 N–H and O–H groups in total. The number of carbonyl (C=O) groups is 1. The van der Waals surface area contributed by atoms with Gasteiger partial charge in [0, 0.05) is 37.3 Å². The van der Waals surface area contributed by atoms with Gasteiger partial charge in [-0.25, -0.2) is 22.7 Å². The highest BCUT2D eigenvalue weighted by molar-refractivity contribution is 7.88. The van der Waals surface area contributed by atoms with Gasteiger partial charge in [-0.05, 0) is 12.8 Å². The Bertz CT molecular complexity index is 628. The third-order valence-corrected chi connectivity index (χ3v) is 5.47. The number of sulfonamides is 1. The summed E-state index contributed by atoms with van der Waals surface area (Å²) in [5, 5.41) is 0. The lowest BCUT2D eigenvalue weighted by atomic mass is 9.96. The minimum absolute atomic E-state index is 0.0923. The average Bonchev–Trinajstić information content (AvgIpc) is 2.89. The van der Waals surface area contributed by atoms with Crippen molar-refractivity contribution in [2.45, 2.75) is 25.9 Å². The van der Waals surface area contributed by atoms with Gasteiger partial charge in [-0.15, -0.1) is 0 Å². The van der Waals surface area contributed by atoms with E-state index in [1.54, 1.807) is 11.1 Å². The van der Waals surface area contributed by atoms with Crippen molar-refractivity contribution in [1.29, 1.82) is 0 Å². The molecule has 3 rings (SSSR count). The molecule has 1 fully saturated rings. The quantitative estimate of drug-likeness (QED) is 0.767. The minimum atomic E-state index is -3.15. The number of hydrogen-bond donors (Lipinski definition) is 0. The Morgan fingerprint density at radius 1 is 1.29 bits per heavy atom. The van der Waals surface area contributed by atoms with Crippen molar-refractivity contribution in [1.82, 2.24) is 19.2 Å². The summed E-state index contributed by atoms with van der Waals surface area (Å²) < 4.78 is 24.4. The number of carbonyl (C=O) groups excluding carboxylic acids is 1. The first-order chi connectivity index (χ1) is 9.95. The molecule has 0 unspecified atom stereocenters. The van der Waals surface area contributed by atoms with E-state index >= 15 is 0 Å². The Balaban J connectivity index is 1.61. The summed E-state index contributed by atoms with van der Waals surface area (Å²) in [5.74, 6) is 0.00595. The lowest BCUT2D eigenvalue weighted by Crippen LogP contribution is -2.42. The zero-order chi connectivity index (χ0) is 15.0. The maximum Gasteiger partial charge on any atom is 0.226 e. The summed E-state index contributed by atoms with van der Waals surface area (Å²) in [4.78, 5) is 22.5. The van der Waals surface area contributed by atoms with Gasteiger partial charge in [-0.3, -0.25) is 4.79 Å². The third-order valence-electron chi connectivity index (χ3n) is 4.17. The number of piperidine rings is 1. The van der Waals surface area contributed by atoms with Gasteiger partial charge in [-0.1, -0.05) is 0 Å². The second-order valence-corrected chi connectivity index (χ2v) is 7.61. The van der Waals surface area contributed by atoms with E-state index in [0.717, 1.165) is 11.3 Å². The number of hydrogen-bond acceptors (Lipinski definition) is 5. The highest BCUT2D eigenvalue weighted by Crippen LogP contribution is 2.26. The van der Waals surface area contributed by atoms with Gasteiger partial charge in [-0.2, -0.15) is 0 Å². The van der Waals surface area contributed by atoms with E-state index in [-0.39, 0.29) is 11.8 Å². The SMILES string of the molecule is CS(=O)(=O)N1CCC(C(=O)N2Cc3cncnc3C2)CC1. The number of aromatic nitrogens is 2. The van der Waals surface area contributed by atoms with Gasteiger partial charge in [0.25, 0.3) is 0 Å². The van der Waals surface area contributed by atoms with Crippen LogP contribution in [0.15, 0.2) is 12.5 Å². The molecule has 0 aromatic carbocycles. The summed E-state index contributed by atoms with van der Waals surface area (Å²) >= 11 is 0. The molecule has 21 heavy (non-hydrogen) atoms. The first-order valence-corrected chi connectivity index (χ1v) is 8.81. The van der Waals surface area contributed by atoms with Crippen molar-refractivity contribution in [3.63, 3.8) is 0 Å². The van der Waals surface area contributed by atoms with Crippen molar-refractivity contribution >= 4 is 15.9 Å². The summed E-state index contributed by atoms with van der Waals surface area (Å²) in [5.41, 5.74) is 1.91. The van der Waals surface area contributed by atoms with Crippen LogP contribution in [-0.2, 0) is 27.9 Å². The van der Waals surface area contributed by atoms with Crippen molar-refractivity contribution in [2.24, 2.45) is 5.92 Å². The molecule has 1 amide bonds. The molecular weight excluding hydrogens is 292 g/mol. The van der Waals surface area contributed by atoms with E-state index in [4.69, 9.17) is 0 Å². The van der Waals surface area contributed by atoms with Gasteiger partial charge in [0.05, 0.1) is 18.5 Å². The summed E-state index contributed by atoms with van der Waals surface area (Å²) in [6.07, 6.45) is 5.64.